The zero-order chi connectivity index (χ0) is 34.1. The van der Waals surface area contributed by atoms with Gasteiger partial charge in [0.1, 0.15) is 36.1 Å². The fourth-order valence-electron chi connectivity index (χ4n) is 5.89. The van der Waals surface area contributed by atoms with Crippen LogP contribution in [-0.4, -0.2) is 55.2 Å². The summed E-state index contributed by atoms with van der Waals surface area (Å²) < 4.78 is 67.1. The van der Waals surface area contributed by atoms with Crippen molar-refractivity contribution in [3.05, 3.63) is 112 Å². The van der Waals surface area contributed by atoms with Gasteiger partial charge in [-0.1, -0.05) is 12.1 Å². The monoisotopic (exact) mass is 657 g/mol. The van der Waals surface area contributed by atoms with Crippen molar-refractivity contribution in [2.75, 3.05) is 6.54 Å². The molecule has 3 heterocycles. The van der Waals surface area contributed by atoms with Gasteiger partial charge in [-0.25, -0.2) is 32.3 Å². The zero-order valence-corrected chi connectivity index (χ0v) is 25.5. The predicted molar refractivity (Wildman–Crippen MR) is 165 cm³/mol. The van der Waals surface area contributed by atoms with Crippen molar-refractivity contribution in [3.8, 4) is 23.2 Å². The van der Waals surface area contributed by atoms with E-state index in [2.05, 4.69) is 9.97 Å². The Morgan fingerprint density at radius 1 is 1.00 bits per heavy atom. The van der Waals surface area contributed by atoms with Crippen LogP contribution in [0.4, 0.5) is 17.6 Å². The molecule has 0 radical (unpaired) electrons. The molecule has 2 aromatic heterocycles. The summed E-state index contributed by atoms with van der Waals surface area (Å²) in [7, 11) is 0. The molecule has 3 aromatic carbocycles. The van der Waals surface area contributed by atoms with E-state index in [0.29, 0.717) is 11.0 Å². The number of hydrogen-bond acceptors (Lipinski definition) is 6. The van der Waals surface area contributed by atoms with Crippen LogP contribution in [0.1, 0.15) is 46.2 Å². The number of imidazole rings is 1. The molecule has 1 fully saturated rings. The number of pyridine rings is 1. The summed E-state index contributed by atoms with van der Waals surface area (Å²) >= 11 is 0. The summed E-state index contributed by atoms with van der Waals surface area (Å²) in [6.07, 6.45) is -1.37. The van der Waals surface area contributed by atoms with Crippen molar-refractivity contribution in [2.45, 2.75) is 45.1 Å². The average Bonchev–Trinajstić information content (AvgIpc) is 3.60. The topological polar surface area (TPSA) is 121 Å². The van der Waals surface area contributed by atoms with Gasteiger partial charge in [0.05, 0.1) is 46.5 Å². The number of hydrogen-bond donors (Lipinski definition) is 1. The van der Waals surface area contributed by atoms with Gasteiger partial charge in [-0.3, -0.25) is 4.79 Å². The number of amides is 1. The molecule has 13 heteroatoms. The molecule has 0 bridgehead atoms. The Bertz CT molecular complexity index is 2110. The lowest BCUT2D eigenvalue weighted by Crippen LogP contribution is -2.37. The first-order chi connectivity index (χ1) is 23.0. The second-order valence-electron chi connectivity index (χ2n) is 11.5. The lowest BCUT2D eigenvalue weighted by Gasteiger charge is -2.24. The van der Waals surface area contributed by atoms with E-state index in [-0.39, 0.29) is 83.7 Å². The number of carboxylic acids is 1. The first-order valence-electron chi connectivity index (χ1n) is 14.9. The summed E-state index contributed by atoms with van der Waals surface area (Å²) in [6.45, 7) is 1.12. The predicted octanol–water partition coefficient (Wildman–Crippen LogP) is 6.21. The lowest BCUT2D eigenvalue weighted by atomic mass is 10.0. The number of alkyl halides is 1. The summed E-state index contributed by atoms with van der Waals surface area (Å²) in [4.78, 5) is 34.2. The van der Waals surface area contributed by atoms with Gasteiger partial charge in [-0.05, 0) is 54.1 Å². The third kappa shape index (κ3) is 6.55. The molecule has 1 saturated heterocycles. The summed E-state index contributed by atoms with van der Waals surface area (Å²) in [6, 6.07) is 16.0. The molecule has 0 unspecified atom stereocenters. The molecule has 2 atom stereocenters. The third-order valence-corrected chi connectivity index (χ3v) is 8.28. The van der Waals surface area contributed by atoms with Crippen molar-refractivity contribution in [3.63, 3.8) is 0 Å². The number of halogens is 4. The van der Waals surface area contributed by atoms with E-state index in [4.69, 9.17) is 10.00 Å². The number of carboxylic acid groups (broad SMARTS) is 1. The van der Waals surface area contributed by atoms with Crippen molar-refractivity contribution >= 4 is 22.9 Å². The van der Waals surface area contributed by atoms with Crippen molar-refractivity contribution < 1.29 is 37.0 Å². The maximum atomic E-state index is 15.7. The van der Waals surface area contributed by atoms with E-state index < -0.39 is 35.6 Å². The number of carbonyl (C=O) groups excluding carboxylic acids is 1. The van der Waals surface area contributed by atoms with Gasteiger partial charge in [0.15, 0.2) is 0 Å². The molecule has 5 aromatic rings. The van der Waals surface area contributed by atoms with Crippen LogP contribution in [-0.2, 0) is 24.4 Å². The molecule has 0 aliphatic carbocycles. The molecule has 48 heavy (non-hydrogen) atoms. The van der Waals surface area contributed by atoms with Crippen LogP contribution < -0.4 is 4.74 Å². The third-order valence-electron chi connectivity index (χ3n) is 8.28. The van der Waals surface area contributed by atoms with Crippen molar-refractivity contribution in [1.82, 2.24) is 19.4 Å². The molecule has 6 rings (SSSR count). The van der Waals surface area contributed by atoms with Gasteiger partial charge in [0, 0.05) is 43.5 Å². The number of likely N-dealkylation sites (tertiary alicyclic amines) is 1. The first-order valence-corrected chi connectivity index (χ1v) is 14.9. The van der Waals surface area contributed by atoms with Crippen LogP contribution in [0.5, 0.6) is 5.88 Å². The smallest absolute Gasteiger partial charge is 0.335 e. The number of rotatable bonds is 9. The number of carbonyl (C=O) groups is 2. The molecular weight excluding hydrogens is 630 g/mol. The lowest BCUT2D eigenvalue weighted by molar-refractivity contribution is -0.130. The quantitative estimate of drug-likeness (QED) is 0.187. The number of nitrogens with zero attached hydrogens (tertiary/aromatic N) is 5. The molecule has 1 N–H and O–H groups in total. The van der Waals surface area contributed by atoms with Crippen LogP contribution in [0.3, 0.4) is 0 Å². The van der Waals surface area contributed by atoms with Gasteiger partial charge in [0.25, 0.3) is 0 Å². The van der Waals surface area contributed by atoms with E-state index >= 15 is 8.78 Å². The second kappa shape index (κ2) is 13.2. The minimum atomic E-state index is -1.24. The van der Waals surface area contributed by atoms with E-state index in [0.717, 1.165) is 18.2 Å². The molecular formula is C35H27F4N5O4. The first kappa shape index (κ1) is 32.2. The van der Waals surface area contributed by atoms with E-state index in [1.807, 2.05) is 6.07 Å². The molecule has 0 saturated carbocycles. The maximum Gasteiger partial charge on any atom is 0.335 e. The van der Waals surface area contributed by atoms with Crippen LogP contribution in [0.15, 0.2) is 66.7 Å². The number of aromatic carboxylic acids is 1. The van der Waals surface area contributed by atoms with Gasteiger partial charge in [0.2, 0.25) is 11.8 Å². The van der Waals surface area contributed by atoms with Gasteiger partial charge in [-0.2, -0.15) is 5.26 Å². The second-order valence-corrected chi connectivity index (χ2v) is 11.5. The van der Waals surface area contributed by atoms with Crippen molar-refractivity contribution in [1.29, 1.82) is 5.26 Å². The fourth-order valence-corrected chi connectivity index (χ4v) is 5.89. The van der Waals surface area contributed by atoms with E-state index in [9.17, 15) is 23.5 Å². The molecule has 0 spiro atoms. The Kier molecular flexibility index (Phi) is 8.82. The largest absolute Gasteiger partial charge is 0.478 e. The number of nitriles is 1. The van der Waals surface area contributed by atoms with Gasteiger partial charge >= 0.3 is 5.97 Å². The Hall–Kier alpha value is -5.77. The van der Waals surface area contributed by atoms with Crippen LogP contribution in [0.2, 0.25) is 0 Å². The highest BCUT2D eigenvalue weighted by Crippen LogP contribution is 2.30. The molecule has 244 valence electrons. The Labute approximate surface area is 271 Å². The highest BCUT2D eigenvalue weighted by Gasteiger charge is 2.35. The van der Waals surface area contributed by atoms with Crippen LogP contribution >= 0.6 is 0 Å². The average molecular weight is 658 g/mol. The van der Waals surface area contributed by atoms with Crippen LogP contribution in [0.25, 0.3) is 22.3 Å². The Balaban J connectivity index is 1.29. The molecule has 9 nitrogen and oxygen atoms in total. The minimum absolute atomic E-state index is 0.0178. The van der Waals surface area contributed by atoms with Gasteiger partial charge in [-0.15, -0.1) is 0 Å². The number of fused-ring (bicyclic) bond motifs is 1. The Morgan fingerprint density at radius 2 is 1.79 bits per heavy atom. The van der Waals surface area contributed by atoms with E-state index in [1.165, 1.54) is 60.4 Å². The summed E-state index contributed by atoms with van der Waals surface area (Å²) in [5.41, 5.74) is 0.987. The molecule has 1 aliphatic rings. The number of aromatic nitrogens is 3. The fraction of sp³-hybridized carbons (Fsp3) is 0.229. The van der Waals surface area contributed by atoms with Crippen molar-refractivity contribution in [2.24, 2.45) is 0 Å². The molecule has 1 aliphatic heterocycles. The number of ether oxygens (including phenoxy) is 1. The van der Waals surface area contributed by atoms with Gasteiger partial charge < -0.3 is 19.3 Å². The SMILES string of the molecule is CC(=O)N1C[C@@H](F)C[C@@H]1Cn1c(Cc2cc(F)c(-c3cccc(OCc4ccc(C#N)cc4F)n3)cc2F)nc2ccc(C(=O)O)cc21. The maximum absolute atomic E-state index is 15.7. The minimum Gasteiger partial charge on any atom is -0.478 e. The summed E-state index contributed by atoms with van der Waals surface area (Å²) in [5.74, 6) is -3.36. The zero-order valence-electron chi connectivity index (χ0n) is 25.5. The van der Waals surface area contributed by atoms with E-state index in [1.54, 1.807) is 4.57 Å². The summed E-state index contributed by atoms with van der Waals surface area (Å²) in [5, 5.41) is 18.5. The Morgan fingerprint density at radius 3 is 2.52 bits per heavy atom. The van der Waals surface area contributed by atoms with Crippen LogP contribution in [0, 0.1) is 28.8 Å². The highest BCUT2D eigenvalue weighted by molar-refractivity contribution is 5.92. The standard InChI is InChI=1S/C35H27F4N5O4/c1-19(45)43-16-24(36)13-25(43)17-44-32-11-21(35(46)47)7-8-31(32)41-33(44)12-23-10-29(39)26(14-28(23)38)30-3-2-4-34(42-30)48-18-22-6-5-20(15-40)9-27(22)37/h2-11,14,24-25H,12-13,16-18H2,1H3,(H,46,47)/t24-,25+/m0/s1. The molecule has 1 amide bonds. The highest BCUT2D eigenvalue weighted by atomic mass is 19.1. The normalized spacial score (nSPS) is 15.9. The number of benzene rings is 3.